The summed E-state index contributed by atoms with van der Waals surface area (Å²) in [6.07, 6.45) is 5.84. The zero-order valence-electron chi connectivity index (χ0n) is 11.1. The van der Waals surface area contributed by atoms with Gasteiger partial charge in [0.25, 0.3) is 0 Å². The number of nitrogens with zero attached hydrogens (tertiary/aromatic N) is 3. The highest BCUT2D eigenvalue weighted by molar-refractivity contribution is 5.82. The lowest BCUT2D eigenvalue weighted by Crippen LogP contribution is -2.02. The SMILES string of the molecule is CCCc1nn(Cc2cccnc2)c2ccccc12. The number of rotatable bonds is 4. The molecule has 0 aliphatic rings. The summed E-state index contributed by atoms with van der Waals surface area (Å²) in [4.78, 5) is 4.16. The van der Waals surface area contributed by atoms with Crippen molar-refractivity contribution < 1.29 is 0 Å². The zero-order valence-corrected chi connectivity index (χ0v) is 11.1. The van der Waals surface area contributed by atoms with Crippen LogP contribution in [-0.2, 0) is 13.0 Å². The molecule has 0 atom stereocenters. The first-order valence-corrected chi connectivity index (χ1v) is 6.72. The second-order valence-electron chi connectivity index (χ2n) is 4.73. The Morgan fingerprint density at radius 3 is 2.79 bits per heavy atom. The highest BCUT2D eigenvalue weighted by Gasteiger charge is 2.09. The summed E-state index contributed by atoms with van der Waals surface area (Å²) in [5.74, 6) is 0. The van der Waals surface area contributed by atoms with Gasteiger partial charge in [0.15, 0.2) is 0 Å². The molecule has 0 saturated heterocycles. The van der Waals surface area contributed by atoms with Crippen molar-refractivity contribution in [2.24, 2.45) is 0 Å². The number of aryl methyl sites for hydroxylation is 1. The highest BCUT2D eigenvalue weighted by atomic mass is 15.3. The Kier molecular flexibility index (Phi) is 3.27. The van der Waals surface area contributed by atoms with Gasteiger partial charge in [-0.1, -0.05) is 37.6 Å². The summed E-state index contributed by atoms with van der Waals surface area (Å²) in [7, 11) is 0. The lowest BCUT2D eigenvalue weighted by Gasteiger charge is -2.02. The van der Waals surface area contributed by atoms with Crippen LogP contribution in [0.3, 0.4) is 0 Å². The third-order valence-corrected chi connectivity index (χ3v) is 3.28. The molecule has 3 nitrogen and oxygen atoms in total. The largest absolute Gasteiger partial charge is 0.264 e. The van der Waals surface area contributed by atoms with Crippen LogP contribution in [0.4, 0.5) is 0 Å². The molecule has 0 bridgehead atoms. The Morgan fingerprint density at radius 1 is 1.11 bits per heavy atom. The number of hydrogen-bond acceptors (Lipinski definition) is 2. The molecule has 19 heavy (non-hydrogen) atoms. The monoisotopic (exact) mass is 251 g/mol. The molecule has 1 aromatic carbocycles. The summed E-state index contributed by atoms with van der Waals surface area (Å²) in [5.41, 5.74) is 3.58. The van der Waals surface area contributed by atoms with E-state index in [0.717, 1.165) is 19.4 Å². The maximum Gasteiger partial charge on any atom is 0.0703 e. The van der Waals surface area contributed by atoms with Crippen LogP contribution >= 0.6 is 0 Å². The zero-order chi connectivity index (χ0) is 13.1. The lowest BCUT2D eigenvalue weighted by atomic mass is 10.1. The minimum absolute atomic E-state index is 0.776. The van der Waals surface area contributed by atoms with Gasteiger partial charge in [0.1, 0.15) is 0 Å². The molecule has 0 spiro atoms. The van der Waals surface area contributed by atoms with Crippen LogP contribution in [0, 0.1) is 0 Å². The highest BCUT2D eigenvalue weighted by Crippen LogP contribution is 2.20. The van der Waals surface area contributed by atoms with Crippen LogP contribution in [0.2, 0.25) is 0 Å². The predicted molar refractivity (Wildman–Crippen MR) is 77.1 cm³/mol. The number of benzene rings is 1. The third kappa shape index (κ3) is 2.36. The first kappa shape index (κ1) is 11.9. The third-order valence-electron chi connectivity index (χ3n) is 3.28. The number of fused-ring (bicyclic) bond motifs is 1. The maximum atomic E-state index is 4.76. The Labute approximate surface area is 112 Å². The lowest BCUT2D eigenvalue weighted by molar-refractivity contribution is 0.687. The van der Waals surface area contributed by atoms with Gasteiger partial charge in [0, 0.05) is 17.8 Å². The molecular weight excluding hydrogens is 234 g/mol. The van der Waals surface area contributed by atoms with Gasteiger partial charge in [-0.2, -0.15) is 5.10 Å². The van der Waals surface area contributed by atoms with Crippen molar-refractivity contribution in [1.29, 1.82) is 0 Å². The smallest absolute Gasteiger partial charge is 0.0703 e. The van der Waals surface area contributed by atoms with Crippen LogP contribution in [0.15, 0.2) is 48.8 Å². The summed E-state index contributed by atoms with van der Waals surface area (Å²) >= 11 is 0. The second-order valence-corrected chi connectivity index (χ2v) is 4.73. The minimum atomic E-state index is 0.776. The fourth-order valence-corrected chi connectivity index (χ4v) is 2.40. The Hall–Kier alpha value is -2.16. The van der Waals surface area contributed by atoms with Gasteiger partial charge in [-0.3, -0.25) is 9.67 Å². The second kappa shape index (κ2) is 5.22. The number of hydrogen-bond donors (Lipinski definition) is 0. The van der Waals surface area contributed by atoms with Crippen molar-refractivity contribution in [3.63, 3.8) is 0 Å². The first-order valence-electron chi connectivity index (χ1n) is 6.72. The van der Waals surface area contributed by atoms with Gasteiger partial charge in [-0.05, 0) is 24.1 Å². The van der Waals surface area contributed by atoms with E-state index in [2.05, 4.69) is 46.9 Å². The van der Waals surface area contributed by atoms with E-state index in [4.69, 9.17) is 5.10 Å². The van der Waals surface area contributed by atoms with Crippen molar-refractivity contribution in [3.05, 3.63) is 60.0 Å². The maximum absolute atomic E-state index is 4.76. The minimum Gasteiger partial charge on any atom is -0.264 e. The summed E-state index contributed by atoms with van der Waals surface area (Å²) in [6, 6.07) is 12.5. The van der Waals surface area contributed by atoms with Gasteiger partial charge >= 0.3 is 0 Å². The molecule has 3 aromatic rings. The molecule has 3 rings (SSSR count). The molecule has 0 aliphatic carbocycles. The molecule has 0 unspecified atom stereocenters. The molecule has 96 valence electrons. The van der Waals surface area contributed by atoms with E-state index in [1.165, 1.54) is 22.2 Å². The van der Waals surface area contributed by atoms with Gasteiger partial charge in [0.05, 0.1) is 17.8 Å². The Balaban J connectivity index is 2.03. The van der Waals surface area contributed by atoms with Crippen LogP contribution in [0.5, 0.6) is 0 Å². The number of aromatic nitrogens is 3. The van der Waals surface area contributed by atoms with Gasteiger partial charge in [-0.15, -0.1) is 0 Å². The number of para-hydroxylation sites is 1. The van der Waals surface area contributed by atoms with E-state index in [9.17, 15) is 0 Å². The van der Waals surface area contributed by atoms with E-state index < -0.39 is 0 Å². The fourth-order valence-electron chi connectivity index (χ4n) is 2.40. The van der Waals surface area contributed by atoms with Crippen molar-refractivity contribution in [2.45, 2.75) is 26.3 Å². The molecule has 0 saturated carbocycles. The van der Waals surface area contributed by atoms with E-state index in [1.807, 2.05) is 12.3 Å². The summed E-state index contributed by atoms with van der Waals surface area (Å²) < 4.78 is 2.08. The molecule has 0 aliphatic heterocycles. The van der Waals surface area contributed by atoms with E-state index in [0.29, 0.717) is 0 Å². The average molecular weight is 251 g/mol. The van der Waals surface area contributed by atoms with Gasteiger partial charge < -0.3 is 0 Å². The Bertz CT molecular complexity index is 671. The van der Waals surface area contributed by atoms with Gasteiger partial charge in [-0.25, -0.2) is 0 Å². The summed E-state index contributed by atoms with van der Waals surface area (Å²) in [5, 5.41) is 6.03. The molecule has 0 radical (unpaired) electrons. The molecule has 0 fully saturated rings. The quantitative estimate of drug-likeness (QED) is 0.711. The van der Waals surface area contributed by atoms with Crippen LogP contribution < -0.4 is 0 Å². The van der Waals surface area contributed by atoms with Crippen molar-refractivity contribution in [3.8, 4) is 0 Å². The topological polar surface area (TPSA) is 30.7 Å². The fraction of sp³-hybridized carbons (Fsp3) is 0.250. The van der Waals surface area contributed by atoms with Crippen LogP contribution in [0.1, 0.15) is 24.6 Å². The summed E-state index contributed by atoms with van der Waals surface area (Å²) in [6.45, 7) is 2.97. The standard InChI is InChI=1S/C16H17N3/c1-2-6-15-14-8-3-4-9-16(14)19(18-15)12-13-7-5-10-17-11-13/h3-5,7-11H,2,6,12H2,1H3. The molecular formula is C16H17N3. The normalized spacial score (nSPS) is 11.0. The molecule has 0 N–H and O–H groups in total. The molecule has 2 heterocycles. The van der Waals surface area contributed by atoms with E-state index in [1.54, 1.807) is 6.20 Å². The Morgan fingerprint density at radius 2 is 2.00 bits per heavy atom. The molecule has 0 amide bonds. The van der Waals surface area contributed by atoms with E-state index >= 15 is 0 Å². The van der Waals surface area contributed by atoms with Crippen molar-refractivity contribution in [2.75, 3.05) is 0 Å². The van der Waals surface area contributed by atoms with Gasteiger partial charge in [0.2, 0.25) is 0 Å². The molecule has 2 aromatic heterocycles. The van der Waals surface area contributed by atoms with Crippen molar-refractivity contribution in [1.82, 2.24) is 14.8 Å². The van der Waals surface area contributed by atoms with E-state index in [-0.39, 0.29) is 0 Å². The van der Waals surface area contributed by atoms with Crippen LogP contribution in [-0.4, -0.2) is 14.8 Å². The van der Waals surface area contributed by atoms with Crippen LogP contribution in [0.25, 0.3) is 10.9 Å². The predicted octanol–water partition coefficient (Wildman–Crippen LogP) is 3.43. The van der Waals surface area contributed by atoms with Crippen molar-refractivity contribution >= 4 is 10.9 Å². The molecule has 3 heteroatoms. The number of pyridine rings is 1. The first-order chi connectivity index (χ1) is 9.38. The average Bonchev–Trinajstić information content (AvgIpc) is 2.79.